The van der Waals surface area contributed by atoms with Gasteiger partial charge in [0.15, 0.2) is 0 Å². The van der Waals surface area contributed by atoms with Gasteiger partial charge in [-0.15, -0.1) is 0 Å². The monoisotopic (exact) mass is 205 g/mol. The summed E-state index contributed by atoms with van der Waals surface area (Å²) in [4.78, 5) is 0. The second-order valence-corrected chi connectivity index (χ2v) is 3.94. The summed E-state index contributed by atoms with van der Waals surface area (Å²) in [6, 6.07) is 7.60. The molecular weight excluding hydrogens is 190 g/mol. The number of phenols is 1. The number of furan rings is 1. The van der Waals surface area contributed by atoms with Gasteiger partial charge in [-0.3, -0.25) is 0 Å². The summed E-state index contributed by atoms with van der Waals surface area (Å²) in [6.07, 6.45) is 0. The van der Waals surface area contributed by atoms with Crippen LogP contribution in [0.15, 0.2) is 28.7 Å². The van der Waals surface area contributed by atoms with Crippen molar-refractivity contribution < 1.29 is 9.52 Å². The Balaban J connectivity index is 2.27. The number of rotatable bonds is 3. The van der Waals surface area contributed by atoms with Crippen LogP contribution in [0.1, 0.15) is 19.6 Å². The van der Waals surface area contributed by atoms with E-state index in [0.29, 0.717) is 12.6 Å². The maximum atomic E-state index is 9.58. The molecule has 0 amide bonds. The molecule has 0 unspecified atom stereocenters. The molecule has 0 bridgehead atoms. The first-order valence-electron chi connectivity index (χ1n) is 5.10. The molecule has 15 heavy (non-hydrogen) atoms. The molecule has 0 fully saturated rings. The molecule has 0 spiro atoms. The van der Waals surface area contributed by atoms with Crippen LogP contribution in [0.2, 0.25) is 0 Å². The minimum atomic E-state index is 0.270. The Hall–Kier alpha value is -1.48. The summed E-state index contributed by atoms with van der Waals surface area (Å²) in [5, 5.41) is 13.6. The molecule has 1 aromatic carbocycles. The lowest BCUT2D eigenvalue weighted by molar-refractivity contribution is 0.479. The van der Waals surface area contributed by atoms with Crippen LogP contribution in [0.25, 0.3) is 11.0 Å². The lowest BCUT2D eigenvalue weighted by atomic mass is 10.2. The van der Waals surface area contributed by atoms with Gasteiger partial charge in [-0.05, 0) is 18.2 Å². The van der Waals surface area contributed by atoms with Crippen molar-refractivity contribution in [3.05, 3.63) is 30.0 Å². The SMILES string of the molecule is CC(C)NCc1cc2c(O)cccc2o1. The highest BCUT2D eigenvalue weighted by atomic mass is 16.3. The molecular formula is C12H15NO2. The van der Waals surface area contributed by atoms with Gasteiger partial charge < -0.3 is 14.8 Å². The van der Waals surface area contributed by atoms with E-state index in [4.69, 9.17) is 4.42 Å². The molecule has 3 nitrogen and oxygen atoms in total. The van der Waals surface area contributed by atoms with Gasteiger partial charge in [-0.2, -0.15) is 0 Å². The molecule has 0 radical (unpaired) electrons. The minimum absolute atomic E-state index is 0.270. The third-order valence-electron chi connectivity index (χ3n) is 2.27. The second-order valence-electron chi connectivity index (χ2n) is 3.94. The standard InChI is InChI=1S/C12H15NO2/c1-8(2)13-7-9-6-10-11(14)4-3-5-12(10)15-9/h3-6,8,13-14H,7H2,1-2H3. The molecule has 2 rings (SSSR count). The smallest absolute Gasteiger partial charge is 0.138 e. The zero-order valence-electron chi connectivity index (χ0n) is 8.95. The van der Waals surface area contributed by atoms with E-state index in [1.54, 1.807) is 12.1 Å². The molecule has 1 aromatic heterocycles. The Morgan fingerprint density at radius 1 is 1.40 bits per heavy atom. The van der Waals surface area contributed by atoms with E-state index in [0.717, 1.165) is 16.7 Å². The van der Waals surface area contributed by atoms with Gasteiger partial charge in [-0.25, -0.2) is 0 Å². The Kier molecular flexibility index (Phi) is 2.64. The van der Waals surface area contributed by atoms with Crippen molar-refractivity contribution in [3.63, 3.8) is 0 Å². The first-order chi connectivity index (χ1) is 7.16. The molecule has 0 aliphatic rings. The van der Waals surface area contributed by atoms with E-state index in [9.17, 15) is 5.11 Å². The van der Waals surface area contributed by atoms with E-state index in [-0.39, 0.29) is 5.75 Å². The van der Waals surface area contributed by atoms with Crippen molar-refractivity contribution in [1.82, 2.24) is 5.32 Å². The van der Waals surface area contributed by atoms with Crippen molar-refractivity contribution in [3.8, 4) is 5.75 Å². The fourth-order valence-electron chi connectivity index (χ4n) is 1.49. The summed E-state index contributed by atoms with van der Waals surface area (Å²) in [6.45, 7) is 4.85. The maximum absolute atomic E-state index is 9.58. The van der Waals surface area contributed by atoms with Crippen molar-refractivity contribution in [2.24, 2.45) is 0 Å². The molecule has 3 heteroatoms. The fraction of sp³-hybridized carbons (Fsp3) is 0.333. The third kappa shape index (κ3) is 2.13. The van der Waals surface area contributed by atoms with E-state index >= 15 is 0 Å². The maximum Gasteiger partial charge on any atom is 0.138 e. The number of phenolic OH excluding ortho intramolecular Hbond substituents is 1. The van der Waals surface area contributed by atoms with Gasteiger partial charge >= 0.3 is 0 Å². The summed E-state index contributed by atoms with van der Waals surface area (Å²) < 4.78 is 5.58. The molecule has 80 valence electrons. The molecule has 0 aliphatic carbocycles. The van der Waals surface area contributed by atoms with Crippen LogP contribution in [0, 0.1) is 0 Å². The predicted octanol–water partition coefficient (Wildman–Crippen LogP) is 2.64. The van der Waals surface area contributed by atoms with Gasteiger partial charge in [0.1, 0.15) is 17.1 Å². The Labute approximate surface area is 88.7 Å². The van der Waals surface area contributed by atoms with Gasteiger partial charge in [-0.1, -0.05) is 19.9 Å². The lowest BCUT2D eigenvalue weighted by Crippen LogP contribution is -2.21. The van der Waals surface area contributed by atoms with Crippen LogP contribution in [0.3, 0.4) is 0 Å². The second kappa shape index (κ2) is 3.95. The number of benzene rings is 1. The van der Waals surface area contributed by atoms with Crippen LogP contribution in [0.4, 0.5) is 0 Å². The van der Waals surface area contributed by atoms with Crippen molar-refractivity contribution in [2.45, 2.75) is 26.4 Å². The molecule has 1 heterocycles. The number of hydrogen-bond donors (Lipinski definition) is 2. The molecule has 0 saturated heterocycles. The average Bonchev–Trinajstić information content (AvgIpc) is 2.59. The first-order valence-corrected chi connectivity index (χ1v) is 5.10. The number of hydrogen-bond acceptors (Lipinski definition) is 3. The van der Waals surface area contributed by atoms with E-state index < -0.39 is 0 Å². The van der Waals surface area contributed by atoms with Gasteiger partial charge in [0.05, 0.1) is 11.9 Å². The first kappa shape index (κ1) is 10.1. The molecule has 0 saturated carbocycles. The zero-order valence-corrected chi connectivity index (χ0v) is 8.95. The largest absolute Gasteiger partial charge is 0.507 e. The topological polar surface area (TPSA) is 45.4 Å². The van der Waals surface area contributed by atoms with Crippen LogP contribution in [0.5, 0.6) is 5.75 Å². The number of aromatic hydroxyl groups is 1. The van der Waals surface area contributed by atoms with Crippen LogP contribution < -0.4 is 5.32 Å². The van der Waals surface area contributed by atoms with Crippen molar-refractivity contribution in [1.29, 1.82) is 0 Å². The van der Waals surface area contributed by atoms with Crippen LogP contribution in [-0.2, 0) is 6.54 Å². The zero-order chi connectivity index (χ0) is 10.8. The quantitative estimate of drug-likeness (QED) is 0.809. The molecule has 2 N–H and O–H groups in total. The highest BCUT2D eigenvalue weighted by Crippen LogP contribution is 2.27. The van der Waals surface area contributed by atoms with Crippen molar-refractivity contribution >= 4 is 11.0 Å². The molecule has 2 aromatic rings. The van der Waals surface area contributed by atoms with Gasteiger partial charge in [0.25, 0.3) is 0 Å². The average molecular weight is 205 g/mol. The third-order valence-corrected chi connectivity index (χ3v) is 2.27. The predicted molar refractivity (Wildman–Crippen MR) is 59.9 cm³/mol. The number of fused-ring (bicyclic) bond motifs is 1. The summed E-state index contributed by atoms with van der Waals surface area (Å²) in [5.41, 5.74) is 0.732. The van der Waals surface area contributed by atoms with E-state index in [2.05, 4.69) is 19.2 Å². The molecule has 0 aliphatic heterocycles. The highest BCUT2D eigenvalue weighted by molar-refractivity contribution is 5.84. The molecule has 0 atom stereocenters. The highest BCUT2D eigenvalue weighted by Gasteiger charge is 2.06. The van der Waals surface area contributed by atoms with E-state index in [1.807, 2.05) is 12.1 Å². The summed E-state index contributed by atoms with van der Waals surface area (Å²) >= 11 is 0. The summed E-state index contributed by atoms with van der Waals surface area (Å²) in [5.74, 6) is 1.12. The Morgan fingerprint density at radius 2 is 2.20 bits per heavy atom. The lowest BCUT2D eigenvalue weighted by Gasteiger charge is -2.04. The van der Waals surface area contributed by atoms with Crippen LogP contribution in [-0.4, -0.2) is 11.1 Å². The van der Waals surface area contributed by atoms with Crippen LogP contribution >= 0.6 is 0 Å². The van der Waals surface area contributed by atoms with E-state index in [1.165, 1.54) is 0 Å². The Bertz CT molecular complexity index is 460. The van der Waals surface area contributed by atoms with Gasteiger partial charge in [0, 0.05) is 6.04 Å². The normalized spacial score (nSPS) is 11.4. The summed E-state index contributed by atoms with van der Waals surface area (Å²) in [7, 11) is 0. The van der Waals surface area contributed by atoms with Gasteiger partial charge in [0.2, 0.25) is 0 Å². The fourth-order valence-corrected chi connectivity index (χ4v) is 1.49. The Morgan fingerprint density at radius 3 is 2.87 bits per heavy atom. The minimum Gasteiger partial charge on any atom is -0.507 e. The number of nitrogens with one attached hydrogen (secondary N) is 1. The van der Waals surface area contributed by atoms with Crippen molar-refractivity contribution in [2.75, 3.05) is 0 Å².